The molecule has 1 heterocycles. The molecule has 2 aliphatic rings. The predicted octanol–water partition coefficient (Wildman–Crippen LogP) is 6.76. The lowest BCUT2D eigenvalue weighted by Crippen LogP contribution is -2.58. The van der Waals surface area contributed by atoms with Crippen LogP contribution in [0.15, 0.2) is 182 Å². The van der Waals surface area contributed by atoms with Crippen molar-refractivity contribution < 1.29 is 105 Å². The quantitative estimate of drug-likeness (QED) is 0.00800. The van der Waals surface area contributed by atoms with Crippen molar-refractivity contribution in [2.24, 2.45) is 17.8 Å². The van der Waals surface area contributed by atoms with Gasteiger partial charge in [-0.2, -0.15) is 0 Å². The Morgan fingerprint density at radius 1 is 0.606 bits per heavy atom. The Labute approximate surface area is 612 Å². The van der Waals surface area contributed by atoms with Crippen LogP contribution < -0.4 is 10.6 Å². The minimum Gasteiger partial charge on any atom is -0.510 e. The zero-order chi connectivity index (χ0) is 77.5. The second kappa shape index (κ2) is 53.9. The fourth-order valence-electron chi connectivity index (χ4n) is 10.8. The number of carbonyl (C=O) groups is 3. The first-order valence-electron chi connectivity index (χ1n) is 35.9. The van der Waals surface area contributed by atoms with Crippen molar-refractivity contribution in [2.75, 3.05) is 6.54 Å². The van der Waals surface area contributed by atoms with Gasteiger partial charge in [-0.15, -0.1) is 0 Å². The summed E-state index contributed by atoms with van der Waals surface area (Å²) < 4.78 is 11.5. The van der Waals surface area contributed by atoms with Crippen molar-refractivity contribution in [3.8, 4) is 0 Å². The van der Waals surface area contributed by atoms with E-state index in [0.29, 0.717) is 32.4 Å². The number of Topliss-reactive ketones (excluding diaryl/α,β-unsaturated/α-hetero) is 2. The Bertz CT molecular complexity index is 3020. The first kappa shape index (κ1) is 93.3. The summed E-state index contributed by atoms with van der Waals surface area (Å²) in [7, 11) is 0. The van der Waals surface area contributed by atoms with Crippen molar-refractivity contribution in [3.05, 3.63) is 197 Å². The van der Waals surface area contributed by atoms with Gasteiger partial charge in [0.15, 0.2) is 12.1 Å². The molecule has 0 aromatic heterocycles. The molecule has 1 aliphatic carbocycles. The van der Waals surface area contributed by atoms with Crippen LogP contribution in [0.4, 0.5) is 5.69 Å². The monoisotopic (exact) mass is 1460 g/mol. The molecule has 0 saturated carbocycles. The van der Waals surface area contributed by atoms with Crippen molar-refractivity contribution in [3.63, 3.8) is 0 Å². The van der Waals surface area contributed by atoms with Gasteiger partial charge >= 0.3 is 0 Å². The maximum absolute atomic E-state index is 11.9. The van der Waals surface area contributed by atoms with Crippen LogP contribution in [0.5, 0.6) is 0 Å². The number of aliphatic hydroxyl groups is 15. The minimum absolute atomic E-state index is 0.0184. The molecular weight excluding hydrogens is 1340 g/mol. The number of hydrogen-bond donors (Lipinski definition) is 17. The zero-order valence-corrected chi connectivity index (χ0v) is 61.0. The van der Waals surface area contributed by atoms with Crippen LogP contribution in [0.1, 0.15) is 150 Å². The number of rotatable bonds is 49. The number of nitrogens with zero attached hydrogens (tertiary/aromatic N) is 1. The molecule has 104 heavy (non-hydrogen) atoms. The largest absolute Gasteiger partial charge is 0.510 e. The van der Waals surface area contributed by atoms with Gasteiger partial charge in [-0.1, -0.05) is 180 Å². The summed E-state index contributed by atoms with van der Waals surface area (Å²) in [5.74, 6) is -1.39. The second-order valence-corrected chi connectivity index (χ2v) is 26.9. The third kappa shape index (κ3) is 42.3. The van der Waals surface area contributed by atoms with Gasteiger partial charge in [0.1, 0.15) is 35.6 Å². The zero-order valence-electron chi connectivity index (χ0n) is 61.0. The van der Waals surface area contributed by atoms with E-state index >= 15 is 0 Å². The van der Waals surface area contributed by atoms with Gasteiger partial charge < -0.3 is 96.7 Å². The normalized spacial score (nSPS) is 22.2. The van der Waals surface area contributed by atoms with Gasteiger partial charge in [0.2, 0.25) is 5.91 Å². The number of aliphatic hydroxyl groups excluding tert-OH is 15. The van der Waals surface area contributed by atoms with Crippen molar-refractivity contribution in [1.29, 1.82) is 0 Å². The Balaban J connectivity index is 0.000000716. The number of nitrogens with one attached hydrogen (secondary N) is 2. The molecule has 1 aliphatic heterocycles. The van der Waals surface area contributed by atoms with Crippen LogP contribution >= 0.6 is 0 Å². The molecule has 1 aromatic carbocycles. The number of nitro groups is 1. The summed E-state index contributed by atoms with van der Waals surface area (Å²) in [6.45, 7) is 11.9. The van der Waals surface area contributed by atoms with Crippen LogP contribution in [0, 0.1) is 27.9 Å². The van der Waals surface area contributed by atoms with Gasteiger partial charge in [0, 0.05) is 68.7 Å². The first-order chi connectivity index (χ1) is 49.4. The summed E-state index contributed by atoms with van der Waals surface area (Å²) in [5.41, 5.74) is 0.921. The standard InChI is InChI=1S/C45H63NO10.C34H56N2O12/c1-31(2)38(56-45-44(54)43(53)42(52)34(5)55-45)27-23-19-15-11-8-10-14-18-22-26-35(47)33(4)41(51)32(3)25-21-17-13-9-6-7-12-16-20-24-28-39(50)46-40-36(48)29-30-37(40)49;1-23(37)15-31(43)20-32(44)17-27(39)7-3-8-29(41)19-34(46)21-33(45)18-28(40)6-2-5-26(38)16-30(42)9-4-14-35-22-24-10-12-25(13-11-24)36(47)48/h6-12,14-16,18-26,28,31-35,38,41-45,47-48,51-54H,13,17,27,29-30H2,1-5H3,(H,46,50);2-3,6-7,10-13,26-35,38-46H,4-5,8-9,14-22H2,1H3/b9-6+,10-8+,12-7+,15-11+,18-14+,20-16+,23-19+,25-21+,26-22+,28-24+;6-2+,7-3+. The molecule has 0 spiro atoms. The number of carbonyl (C=O) groups excluding carboxylic acids is 3. The molecule has 25 heteroatoms. The van der Waals surface area contributed by atoms with Crippen LogP contribution in [0.3, 0.4) is 0 Å². The summed E-state index contributed by atoms with van der Waals surface area (Å²) in [5, 5.41) is 168. The van der Waals surface area contributed by atoms with E-state index in [9.17, 15) is 101 Å². The minimum atomic E-state index is -1.33. The smallest absolute Gasteiger partial charge is 0.269 e. The summed E-state index contributed by atoms with van der Waals surface area (Å²) in [6, 6.07) is 6.26. The highest BCUT2D eigenvalue weighted by Gasteiger charge is 2.43. The SMILES string of the molecule is CC(=O)CC(O)CC(O)CC(O)/C=C/CC(O)CC(O)CC(O)CC(O)/C=C/CC(O)CC(O)CCCNCc1ccc([N+](=O)[O-])cc1.CC(C)C(C/C=C/C=C/C=C/C=C/C=C/C(O)C(C)C(O)C(C)/C=C/CC/C=C/C=C/C=C/C=C/C(=O)NC1=C(O)CCC1=O)OC1OC(C)C(O)C(O)C1O. The van der Waals surface area contributed by atoms with E-state index in [1.165, 1.54) is 43.4 Å². The van der Waals surface area contributed by atoms with E-state index in [1.807, 2.05) is 107 Å². The lowest BCUT2D eigenvalue weighted by molar-refractivity contribution is -0.384. The molecular formula is C79H119N3O22. The fourth-order valence-corrected chi connectivity index (χ4v) is 10.8. The molecule has 0 radical (unpaired) electrons. The number of benzene rings is 1. The molecule has 0 bridgehead atoms. The first-order valence-corrected chi connectivity index (χ1v) is 35.9. The maximum Gasteiger partial charge on any atom is 0.269 e. The number of allylic oxidation sites excluding steroid dienone is 18. The van der Waals surface area contributed by atoms with E-state index in [0.717, 1.165) is 18.4 Å². The van der Waals surface area contributed by atoms with E-state index in [2.05, 4.69) is 10.6 Å². The Kier molecular flexibility index (Phi) is 48.3. The summed E-state index contributed by atoms with van der Waals surface area (Å²) >= 11 is 0. The molecule has 19 atom stereocenters. The van der Waals surface area contributed by atoms with E-state index in [4.69, 9.17) is 9.47 Å². The van der Waals surface area contributed by atoms with E-state index in [-0.39, 0.29) is 123 Å². The second-order valence-electron chi connectivity index (χ2n) is 26.9. The third-order valence-corrected chi connectivity index (χ3v) is 17.0. The molecule has 582 valence electrons. The topological polar surface area (TPSA) is 440 Å². The summed E-state index contributed by atoms with van der Waals surface area (Å²) in [4.78, 5) is 44.7. The number of amides is 1. The fraction of sp³-hybridized carbons (Fsp3) is 0.557. The highest BCUT2D eigenvalue weighted by molar-refractivity contribution is 6.03. The van der Waals surface area contributed by atoms with Gasteiger partial charge in [0.25, 0.3) is 5.69 Å². The van der Waals surface area contributed by atoms with Crippen LogP contribution in [-0.4, -0.2) is 209 Å². The van der Waals surface area contributed by atoms with Crippen LogP contribution in [-0.2, 0) is 30.4 Å². The predicted molar refractivity (Wildman–Crippen MR) is 398 cm³/mol. The van der Waals surface area contributed by atoms with Gasteiger partial charge in [0.05, 0.1) is 84.3 Å². The third-order valence-electron chi connectivity index (χ3n) is 17.0. The molecule has 1 amide bonds. The Morgan fingerprint density at radius 2 is 1.12 bits per heavy atom. The van der Waals surface area contributed by atoms with Gasteiger partial charge in [-0.25, -0.2) is 0 Å². The molecule has 25 nitrogen and oxygen atoms in total. The molecule has 1 saturated heterocycles. The molecule has 17 N–H and O–H groups in total. The summed E-state index contributed by atoms with van der Waals surface area (Å²) in [6.07, 6.45) is 30.1. The van der Waals surface area contributed by atoms with E-state index in [1.54, 1.807) is 61.6 Å². The lowest BCUT2D eigenvalue weighted by atomic mass is 9.88. The number of ketones is 2. The molecule has 1 aromatic rings. The number of ether oxygens (including phenoxy) is 2. The van der Waals surface area contributed by atoms with Gasteiger partial charge in [-0.05, 0) is 103 Å². The molecule has 19 unspecified atom stereocenters. The number of nitro benzene ring substituents is 1. The van der Waals surface area contributed by atoms with Crippen LogP contribution in [0.2, 0.25) is 0 Å². The number of hydrogen-bond acceptors (Lipinski definition) is 23. The highest BCUT2D eigenvalue weighted by Crippen LogP contribution is 2.27. The average molecular weight is 1460 g/mol. The Hall–Kier alpha value is -6.83. The number of unbranched alkanes of at least 4 members (excludes halogenated alkanes) is 1. The average Bonchev–Trinajstić information content (AvgIpc) is 1.01. The van der Waals surface area contributed by atoms with E-state index < -0.39 is 109 Å². The maximum atomic E-state index is 11.9. The van der Waals surface area contributed by atoms with Crippen molar-refractivity contribution >= 4 is 23.2 Å². The van der Waals surface area contributed by atoms with Crippen molar-refractivity contribution in [1.82, 2.24) is 10.6 Å². The Morgan fingerprint density at radius 3 is 1.68 bits per heavy atom. The molecule has 3 rings (SSSR count). The van der Waals surface area contributed by atoms with Crippen molar-refractivity contribution in [2.45, 2.75) is 255 Å². The van der Waals surface area contributed by atoms with Crippen LogP contribution in [0.25, 0.3) is 0 Å². The molecule has 1 fully saturated rings. The highest BCUT2D eigenvalue weighted by atomic mass is 16.7. The lowest BCUT2D eigenvalue weighted by Gasteiger charge is -2.40. The number of non-ortho nitro benzene ring substituents is 1. The van der Waals surface area contributed by atoms with Gasteiger partial charge in [-0.3, -0.25) is 24.5 Å².